The van der Waals surface area contributed by atoms with Gasteiger partial charge in [-0.3, -0.25) is 4.79 Å². The van der Waals surface area contributed by atoms with Crippen molar-refractivity contribution in [1.29, 1.82) is 0 Å². The van der Waals surface area contributed by atoms with Gasteiger partial charge in [0.25, 0.3) is 5.91 Å². The summed E-state index contributed by atoms with van der Waals surface area (Å²) in [5, 5.41) is 3.12. The van der Waals surface area contributed by atoms with Crippen molar-refractivity contribution in [3.05, 3.63) is 64.2 Å². The molecular formula is C25H32N2O4S. The third kappa shape index (κ3) is 4.75. The van der Waals surface area contributed by atoms with Crippen LogP contribution in [0.3, 0.4) is 0 Å². The van der Waals surface area contributed by atoms with Gasteiger partial charge in [0.2, 0.25) is 10.0 Å². The molecule has 1 amide bonds. The molecule has 2 aromatic carbocycles. The average Bonchev–Trinajstić information content (AvgIpc) is 2.82. The number of fused-ring (bicyclic) bond motifs is 1. The minimum atomic E-state index is -3.67. The van der Waals surface area contributed by atoms with Crippen LogP contribution in [-0.2, 0) is 27.6 Å². The third-order valence-corrected chi connectivity index (χ3v) is 8.57. The van der Waals surface area contributed by atoms with E-state index >= 15 is 0 Å². The molecular weight excluding hydrogens is 424 g/mol. The van der Waals surface area contributed by atoms with Gasteiger partial charge in [0.05, 0.1) is 24.2 Å². The van der Waals surface area contributed by atoms with Crippen LogP contribution in [-0.4, -0.2) is 44.9 Å². The highest BCUT2D eigenvalue weighted by molar-refractivity contribution is 7.89. The predicted molar refractivity (Wildman–Crippen MR) is 124 cm³/mol. The zero-order valence-corrected chi connectivity index (χ0v) is 19.7. The van der Waals surface area contributed by atoms with E-state index in [-0.39, 0.29) is 16.8 Å². The summed E-state index contributed by atoms with van der Waals surface area (Å²) in [7, 11) is -3.67. The number of amides is 1. The van der Waals surface area contributed by atoms with Crippen LogP contribution in [0.1, 0.15) is 64.8 Å². The smallest absolute Gasteiger partial charge is 0.251 e. The van der Waals surface area contributed by atoms with E-state index in [0.29, 0.717) is 37.4 Å². The molecule has 0 bridgehead atoms. The van der Waals surface area contributed by atoms with Gasteiger partial charge >= 0.3 is 0 Å². The lowest BCUT2D eigenvalue weighted by Gasteiger charge is -2.27. The maximum atomic E-state index is 13.2. The molecule has 0 aromatic heterocycles. The number of rotatable bonds is 6. The molecule has 7 heteroatoms. The van der Waals surface area contributed by atoms with Crippen LogP contribution in [0.15, 0.2) is 41.3 Å². The molecule has 4 rings (SSSR count). The number of nitrogens with one attached hydrogen (secondary N) is 1. The largest absolute Gasteiger partial charge is 0.379 e. The fourth-order valence-electron chi connectivity index (χ4n) is 4.58. The Morgan fingerprint density at radius 1 is 1.06 bits per heavy atom. The molecule has 1 N–H and O–H groups in total. The van der Waals surface area contributed by atoms with Crippen LogP contribution < -0.4 is 5.32 Å². The first kappa shape index (κ1) is 23.0. The molecule has 0 saturated carbocycles. The highest BCUT2D eigenvalue weighted by atomic mass is 32.2. The molecule has 6 nitrogen and oxygen atoms in total. The fraction of sp³-hybridized carbons (Fsp3) is 0.480. The lowest BCUT2D eigenvalue weighted by molar-refractivity contribution is 0.0730. The molecule has 1 saturated heterocycles. The maximum absolute atomic E-state index is 13.2. The molecule has 2 aliphatic rings. The Bertz CT molecular complexity index is 1090. The van der Waals surface area contributed by atoms with E-state index < -0.39 is 10.0 Å². The zero-order valence-electron chi connectivity index (χ0n) is 18.9. The first-order valence-corrected chi connectivity index (χ1v) is 12.9. The monoisotopic (exact) mass is 456 g/mol. The number of ether oxygens (including phenoxy) is 1. The Labute approximate surface area is 191 Å². The van der Waals surface area contributed by atoms with Crippen molar-refractivity contribution < 1.29 is 17.9 Å². The number of carbonyl (C=O) groups is 1. The number of hydrogen-bond donors (Lipinski definition) is 1. The van der Waals surface area contributed by atoms with Gasteiger partial charge in [-0.15, -0.1) is 0 Å². The minimum Gasteiger partial charge on any atom is -0.379 e. The summed E-state index contributed by atoms with van der Waals surface area (Å²) in [6.07, 6.45) is 5.43. The van der Waals surface area contributed by atoms with Crippen molar-refractivity contribution in [1.82, 2.24) is 9.62 Å². The number of hydrogen-bond acceptors (Lipinski definition) is 4. The Kier molecular flexibility index (Phi) is 6.98. The molecule has 1 aliphatic heterocycles. The molecule has 1 atom stereocenters. The molecule has 172 valence electrons. The first-order valence-electron chi connectivity index (χ1n) is 11.5. The molecule has 32 heavy (non-hydrogen) atoms. The van der Waals surface area contributed by atoms with Crippen molar-refractivity contribution in [2.45, 2.75) is 56.9 Å². The van der Waals surface area contributed by atoms with Crippen LogP contribution in [0, 0.1) is 6.92 Å². The zero-order chi connectivity index (χ0) is 22.7. The normalized spacial score (nSPS) is 18.1. The van der Waals surface area contributed by atoms with Crippen molar-refractivity contribution in [3.63, 3.8) is 0 Å². The van der Waals surface area contributed by atoms with Gasteiger partial charge in [-0.25, -0.2) is 8.42 Å². The maximum Gasteiger partial charge on any atom is 0.251 e. The van der Waals surface area contributed by atoms with Crippen LogP contribution in [0.4, 0.5) is 0 Å². The van der Waals surface area contributed by atoms with Crippen molar-refractivity contribution in [3.8, 4) is 0 Å². The van der Waals surface area contributed by atoms with Gasteiger partial charge in [-0.2, -0.15) is 4.31 Å². The standard InChI is InChI=1S/C25H32N2O4S/c1-3-23(21-11-10-19-6-4-5-7-20(19)16-21)26-25(28)22-9-8-18(2)24(17-22)32(29,30)27-12-14-31-15-13-27/h8-11,16-17,23H,3-7,12-15H2,1-2H3,(H,26,28)/t23-/m1/s1. The second kappa shape index (κ2) is 9.73. The molecule has 1 heterocycles. The molecule has 0 unspecified atom stereocenters. The molecule has 0 spiro atoms. The van der Waals surface area contributed by atoms with Gasteiger partial charge in [0.15, 0.2) is 0 Å². The summed E-state index contributed by atoms with van der Waals surface area (Å²) >= 11 is 0. The van der Waals surface area contributed by atoms with Crippen LogP contribution in [0.25, 0.3) is 0 Å². The second-order valence-electron chi connectivity index (χ2n) is 8.67. The highest BCUT2D eigenvalue weighted by Gasteiger charge is 2.28. The summed E-state index contributed by atoms with van der Waals surface area (Å²) in [6.45, 7) is 5.24. The Hall–Kier alpha value is -2.22. The number of sulfonamides is 1. The Balaban J connectivity index is 1.56. The van der Waals surface area contributed by atoms with Crippen LogP contribution in [0.5, 0.6) is 0 Å². The van der Waals surface area contributed by atoms with E-state index in [1.807, 2.05) is 6.92 Å². The first-order chi connectivity index (χ1) is 15.4. The Morgan fingerprint density at radius 2 is 1.78 bits per heavy atom. The molecule has 1 fully saturated rings. The summed E-state index contributed by atoms with van der Waals surface area (Å²) in [6, 6.07) is 11.3. The van der Waals surface area contributed by atoms with E-state index in [2.05, 4.69) is 23.5 Å². The molecule has 1 aliphatic carbocycles. The topological polar surface area (TPSA) is 75.7 Å². The second-order valence-corrected chi connectivity index (χ2v) is 10.6. The average molecular weight is 457 g/mol. The number of morpholine rings is 1. The molecule has 0 radical (unpaired) electrons. The third-order valence-electron chi connectivity index (χ3n) is 6.53. The van der Waals surface area contributed by atoms with E-state index in [1.54, 1.807) is 19.1 Å². The van der Waals surface area contributed by atoms with E-state index in [4.69, 9.17) is 4.74 Å². The number of nitrogens with zero attached hydrogens (tertiary/aromatic N) is 1. The summed E-state index contributed by atoms with van der Waals surface area (Å²) in [5.41, 5.74) is 4.90. The predicted octanol–water partition coefficient (Wildman–Crippen LogP) is 3.78. The Morgan fingerprint density at radius 3 is 2.50 bits per heavy atom. The number of benzene rings is 2. The lowest BCUT2D eigenvalue weighted by Crippen LogP contribution is -2.41. The van der Waals surface area contributed by atoms with Crippen molar-refractivity contribution in [2.24, 2.45) is 0 Å². The quantitative estimate of drug-likeness (QED) is 0.718. The van der Waals surface area contributed by atoms with Crippen molar-refractivity contribution in [2.75, 3.05) is 26.3 Å². The van der Waals surface area contributed by atoms with Crippen LogP contribution >= 0.6 is 0 Å². The highest BCUT2D eigenvalue weighted by Crippen LogP contribution is 2.27. The van der Waals surface area contributed by atoms with Gasteiger partial charge in [0, 0.05) is 18.7 Å². The molecule has 2 aromatic rings. The fourth-order valence-corrected chi connectivity index (χ4v) is 6.24. The van der Waals surface area contributed by atoms with E-state index in [0.717, 1.165) is 24.8 Å². The number of carbonyl (C=O) groups excluding carboxylic acids is 1. The van der Waals surface area contributed by atoms with E-state index in [9.17, 15) is 13.2 Å². The van der Waals surface area contributed by atoms with Gasteiger partial charge in [-0.1, -0.05) is 31.2 Å². The van der Waals surface area contributed by atoms with Gasteiger partial charge in [0.1, 0.15) is 0 Å². The van der Waals surface area contributed by atoms with E-state index in [1.165, 1.54) is 34.3 Å². The van der Waals surface area contributed by atoms with Crippen molar-refractivity contribution >= 4 is 15.9 Å². The van der Waals surface area contributed by atoms with Gasteiger partial charge < -0.3 is 10.1 Å². The summed E-state index contributed by atoms with van der Waals surface area (Å²) in [4.78, 5) is 13.3. The minimum absolute atomic E-state index is 0.115. The summed E-state index contributed by atoms with van der Waals surface area (Å²) < 4.78 is 33.0. The van der Waals surface area contributed by atoms with Crippen LogP contribution in [0.2, 0.25) is 0 Å². The van der Waals surface area contributed by atoms with Gasteiger partial charge in [-0.05, 0) is 73.4 Å². The summed E-state index contributed by atoms with van der Waals surface area (Å²) in [5.74, 6) is -0.256. The SMILES string of the molecule is CC[C@@H](NC(=O)c1ccc(C)c(S(=O)(=O)N2CCOCC2)c1)c1ccc2c(c1)CCCC2. The lowest BCUT2D eigenvalue weighted by atomic mass is 9.88. The number of aryl methyl sites for hydroxylation is 3.